The van der Waals surface area contributed by atoms with E-state index < -0.39 is 0 Å². The monoisotopic (exact) mass is 425 g/mol. The molecule has 0 saturated carbocycles. The average Bonchev–Trinajstić information content (AvgIpc) is 3.29. The average molecular weight is 426 g/mol. The number of rotatable bonds is 4. The molecule has 1 aromatic heterocycles. The van der Waals surface area contributed by atoms with Crippen molar-refractivity contribution in [2.45, 2.75) is 30.3 Å². The van der Waals surface area contributed by atoms with Crippen LogP contribution in [-0.4, -0.2) is 46.0 Å². The number of piperidine rings is 3. The highest BCUT2D eigenvalue weighted by Gasteiger charge is 2.63. The smallest absolute Gasteiger partial charge is 0.0808 e. The maximum absolute atomic E-state index is 6.50. The van der Waals surface area contributed by atoms with Crippen molar-refractivity contribution in [3.63, 3.8) is 0 Å². The van der Waals surface area contributed by atoms with Gasteiger partial charge in [0, 0.05) is 35.8 Å². The van der Waals surface area contributed by atoms with Crippen LogP contribution in [0, 0.1) is 5.92 Å². The number of thiocarbonyl (C=S) groups is 1. The lowest BCUT2D eigenvalue weighted by Gasteiger charge is -2.58. The Morgan fingerprint density at radius 2 is 1.74 bits per heavy atom. The topological polar surface area (TPSA) is 28.2 Å². The fourth-order valence-electron chi connectivity index (χ4n) is 6.48. The summed E-state index contributed by atoms with van der Waals surface area (Å²) in [6, 6.07) is 24.1. The summed E-state index contributed by atoms with van der Waals surface area (Å²) >= 11 is 6.50. The molecule has 4 fully saturated rings. The van der Waals surface area contributed by atoms with E-state index in [4.69, 9.17) is 12.2 Å². The van der Waals surface area contributed by atoms with Crippen LogP contribution >= 0.6 is 12.2 Å². The molecular weight excluding hydrogens is 398 g/mol. The van der Waals surface area contributed by atoms with Gasteiger partial charge >= 0.3 is 0 Å². The highest BCUT2D eigenvalue weighted by atomic mass is 32.1. The summed E-state index contributed by atoms with van der Waals surface area (Å²) in [5.74, 6) is 0.999. The SMILES string of the molecule is S=C(c1ccccc1-c1ccccc1)C12C(c3cccnc3)CNC1C1CCN2CC1. The zero-order valence-corrected chi connectivity index (χ0v) is 18.4. The molecule has 2 bridgehead atoms. The minimum Gasteiger partial charge on any atom is -0.311 e. The molecule has 0 radical (unpaired) electrons. The van der Waals surface area contributed by atoms with Crippen molar-refractivity contribution in [3.05, 3.63) is 90.3 Å². The van der Waals surface area contributed by atoms with Crippen LogP contribution in [0.2, 0.25) is 0 Å². The Labute approximate surface area is 189 Å². The van der Waals surface area contributed by atoms with Gasteiger partial charge in [-0.15, -0.1) is 0 Å². The first-order valence-electron chi connectivity index (χ1n) is 11.4. The summed E-state index contributed by atoms with van der Waals surface area (Å²) in [6.07, 6.45) is 6.45. The fraction of sp³-hybridized carbons (Fsp3) is 0.333. The van der Waals surface area contributed by atoms with E-state index in [-0.39, 0.29) is 5.54 Å². The number of hydrogen-bond acceptors (Lipinski definition) is 4. The van der Waals surface area contributed by atoms with E-state index in [1.165, 1.54) is 35.1 Å². The molecule has 3 atom stereocenters. The molecular formula is C27H27N3S. The Morgan fingerprint density at radius 3 is 2.52 bits per heavy atom. The quantitative estimate of drug-likeness (QED) is 0.485. The predicted octanol–water partition coefficient (Wildman–Crippen LogP) is 4.69. The van der Waals surface area contributed by atoms with Crippen LogP contribution in [-0.2, 0) is 0 Å². The molecule has 4 aliphatic rings. The van der Waals surface area contributed by atoms with Gasteiger partial charge < -0.3 is 5.32 Å². The van der Waals surface area contributed by atoms with Gasteiger partial charge in [-0.2, -0.15) is 0 Å². The normalized spacial score (nSPS) is 31.4. The molecule has 4 aliphatic heterocycles. The molecule has 7 rings (SSSR count). The molecule has 0 aliphatic carbocycles. The molecule has 3 unspecified atom stereocenters. The molecule has 31 heavy (non-hydrogen) atoms. The van der Waals surface area contributed by atoms with Crippen LogP contribution in [0.3, 0.4) is 0 Å². The Balaban J connectivity index is 1.53. The number of pyridine rings is 1. The van der Waals surface area contributed by atoms with E-state index in [0.29, 0.717) is 17.9 Å². The van der Waals surface area contributed by atoms with Gasteiger partial charge in [-0.25, -0.2) is 0 Å². The lowest BCUT2D eigenvalue weighted by molar-refractivity contribution is -0.00443. The van der Waals surface area contributed by atoms with Gasteiger partial charge in [0.15, 0.2) is 0 Å². The third-order valence-corrected chi connectivity index (χ3v) is 8.34. The molecule has 5 heterocycles. The van der Waals surface area contributed by atoms with Crippen molar-refractivity contribution in [2.24, 2.45) is 5.92 Å². The molecule has 4 heteroatoms. The van der Waals surface area contributed by atoms with Gasteiger partial charge in [0.1, 0.15) is 0 Å². The standard InChI is InChI=1S/C27H27N3S/c31-26(23-11-5-4-10-22(23)19-7-2-1-3-8-19)27-24(21-9-6-14-28-17-21)18-29-25(27)20-12-15-30(27)16-13-20/h1-11,14,17,20,24-25,29H,12-13,15-16,18H2. The van der Waals surface area contributed by atoms with E-state index in [9.17, 15) is 0 Å². The molecule has 156 valence electrons. The first-order valence-corrected chi connectivity index (χ1v) is 11.8. The number of nitrogens with zero attached hydrogens (tertiary/aromatic N) is 2. The van der Waals surface area contributed by atoms with Gasteiger partial charge in [-0.1, -0.05) is 72.9 Å². The first-order chi connectivity index (χ1) is 15.3. The molecule has 4 saturated heterocycles. The Kier molecular flexibility index (Phi) is 4.75. The van der Waals surface area contributed by atoms with Crippen LogP contribution in [0.5, 0.6) is 0 Å². The molecule has 3 nitrogen and oxygen atoms in total. The molecule has 2 aromatic carbocycles. The van der Waals surface area contributed by atoms with E-state index in [0.717, 1.165) is 24.5 Å². The number of fused-ring (bicyclic) bond motifs is 2. The zero-order valence-electron chi connectivity index (χ0n) is 17.6. The van der Waals surface area contributed by atoms with Crippen molar-refractivity contribution in [1.29, 1.82) is 0 Å². The highest BCUT2D eigenvalue weighted by Crippen LogP contribution is 2.52. The van der Waals surface area contributed by atoms with Crippen molar-refractivity contribution in [3.8, 4) is 11.1 Å². The second-order valence-corrected chi connectivity index (χ2v) is 9.52. The minimum atomic E-state index is -0.176. The summed E-state index contributed by atoms with van der Waals surface area (Å²) < 4.78 is 0. The molecule has 3 aromatic rings. The third kappa shape index (κ3) is 2.85. The van der Waals surface area contributed by atoms with Crippen molar-refractivity contribution in [1.82, 2.24) is 15.2 Å². The van der Waals surface area contributed by atoms with Crippen molar-refractivity contribution >= 4 is 17.1 Å². The lowest BCUT2D eigenvalue weighted by atomic mass is 9.63. The van der Waals surface area contributed by atoms with Crippen LogP contribution in [0.4, 0.5) is 0 Å². The second-order valence-electron chi connectivity index (χ2n) is 9.12. The van der Waals surface area contributed by atoms with Crippen LogP contribution in [0.1, 0.15) is 29.9 Å². The number of aromatic nitrogens is 1. The van der Waals surface area contributed by atoms with Crippen LogP contribution in [0.25, 0.3) is 11.1 Å². The summed E-state index contributed by atoms with van der Waals surface area (Å²) in [5.41, 5.74) is 4.79. The number of nitrogens with one attached hydrogen (secondary N) is 1. The Morgan fingerprint density at radius 1 is 0.968 bits per heavy atom. The Bertz CT molecular complexity index is 1090. The van der Waals surface area contributed by atoms with Crippen LogP contribution < -0.4 is 5.32 Å². The minimum absolute atomic E-state index is 0.176. The van der Waals surface area contributed by atoms with E-state index in [1.807, 2.05) is 12.4 Å². The highest BCUT2D eigenvalue weighted by molar-refractivity contribution is 7.81. The molecule has 1 N–H and O–H groups in total. The fourth-order valence-corrected chi connectivity index (χ4v) is 7.06. The number of benzene rings is 2. The van der Waals surface area contributed by atoms with Crippen molar-refractivity contribution < 1.29 is 0 Å². The summed E-state index contributed by atoms with van der Waals surface area (Å²) in [7, 11) is 0. The van der Waals surface area contributed by atoms with Gasteiger partial charge in [0.2, 0.25) is 0 Å². The third-order valence-electron chi connectivity index (χ3n) is 7.79. The maximum atomic E-state index is 6.50. The van der Waals surface area contributed by atoms with Crippen molar-refractivity contribution in [2.75, 3.05) is 19.6 Å². The zero-order chi connectivity index (χ0) is 20.8. The molecule has 0 spiro atoms. The second kappa shape index (κ2) is 7.63. The first kappa shape index (κ1) is 19.3. The van der Waals surface area contributed by atoms with Gasteiger partial charge in [0.05, 0.1) is 5.54 Å². The van der Waals surface area contributed by atoms with Gasteiger partial charge in [-0.05, 0) is 60.2 Å². The van der Waals surface area contributed by atoms with Gasteiger partial charge in [-0.3, -0.25) is 9.88 Å². The Hall–Kier alpha value is -2.40. The van der Waals surface area contributed by atoms with Gasteiger partial charge in [0.25, 0.3) is 0 Å². The van der Waals surface area contributed by atoms with E-state index >= 15 is 0 Å². The summed E-state index contributed by atoms with van der Waals surface area (Å²) in [5, 5.41) is 3.93. The predicted molar refractivity (Wildman–Crippen MR) is 129 cm³/mol. The summed E-state index contributed by atoms with van der Waals surface area (Å²) in [6.45, 7) is 3.22. The van der Waals surface area contributed by atoms with Crippen LogP contribution in [0.15, 0.2) is 79.1 Å². The molecule has 0 amide bonds. The van der Waals surface area contributed by atoms with E-state index in [1.54, 1.807) is 0 Å². The lowest BCUT2D eigenvalue weighted by Crippen LogP contribution is -2.72. The van der Waals surface area contributed by atoms with E-state index in [2.05, 4.69) is 81.9 Å². The maximum Gasteiger partial charge on any atom is 0.0808 e. The largest absolute Gasteiger partial charge is 0.311 e. The summed E-state index contributed by atoms with van der Waals surface area (Å²) in [4.78, 5) is 8.27. The number of hydrogen-bond donors (Lipinski definition) is 1.